The van der Waals surface area contributed by atoms with E-state index in [4.69, 9.17) is 4.74 Å². The molecule has 0 aliphatic carbocycles. The number of alkyl halides is 3. The molecule has 96 valence electrons. The molecule has 0 bridgehead atoms. The second kappa shape index (κ2) is 5.40. The predicted octanol–water partition coefficient (Wildman–Crippen LogP) is 3.22. The molecule has 0 saturated carbocycles. The maximum atomic E-state index is 12.1. The number of nitrogens with one attached hydrogen (secondary N) is 1. The second-order valence-corrected chi connectivity index (χ2v) is 3.96. The molecule has 0 fully saturated rings. The van der Waals surface area contributed by atoms with Gasteiger partial charge in [-0.15, -0.1) is 0 Å². The van der Waals surface area contributed by atoms with E-state index in [1.54, 1.807) is 19.2 Å². The van der Waals surface area contributed by atoms with E-state index in [1.807, 2.05) is 19.9 Å². The Kier molecular flexibility index (Phi) is 4.40. The normalized spacial score (nSPS) is 13.5. The zero-order valence-electron chi connectivity index (χ0n) is 10.1. The maximum Gasteiger partial charge on any atom is 0.422 e. The molecule has 0 spiro atoms. The molecule has 1 rings (SSSR count). The fourth-order valence-corrected chi connectivity index (χ4v) is 1.45. The van der Waals surface area contributed by atoms with Crippen molar-refractivity contribution < 1.29 is 17.9 Å². The first kappa shape index (κ1) is 13.8. The van der Waals surface area contributed by atoms with Crippen LogP contribution in [0.15, 0.2) is 18.2 Å². The van der Waals surface area contributed by atoms with Crippen LogP contribution in [0.2, 0.25) is 0 Å². The molecule has 2 nitrogen and oxygen atoms in total. The molecule has 0 heterocycles. The molecule has 1 aromatic carbocycles. The molecular weight excluding hydrogens is 231 g/mol. The Morgan fingerprint density at radius 2 is 2.00 bits per heavy atom. The van der Waals surface area contributed by atoms with E-state index in [0.29, 0.717) is 0 Å². The molecular formula is C12H16F3NO. The van der Waals surface area contributed by atoms with Crippen molar-refractivity contribution in [2.75, 3.05) is 13.7 Å². The summed E-state index contributed by atoms with van der Waals surface area (Å²) in [7, 11) is 1.75. The van der Waals surface area contributed by atoms with Crippen molar-refractivity contribution in [2.45, 2.75) is 26.1 Å². The van der Waals surface area contributed by atoms with Crippen molar-refractivity contribution in [3.8, 4) is 5.75 Å². The monoisotopic (exact) mass is 247 g/mol. The molecule has 1 unspecified atom stereocenters. The van der Waals surface area contributed by atoms with Gasteiger partial charge in [0.05, 0.1) is 0 Å². The number of halogens is 3. The quantitative estimate of drug-likeness (QED) is 0.882. The SMILES string of the molecule is CNC(C)c1cc(C)ccc1OCC(F)(F)F. The molecule has 1 aromatic rings. The van der Waals surface area contributed by atoms with Crippen LogP contribution in [0.1, 0.15) is 24.1 Å². The third kappa shape index (κ3) is 4.26. The Morgan fingerprint density at radius 1 is 1.35 bits per heavy atom. The minimum absolute atomic E-state index is 0.0573. The summed E-state index contributed by atoms with van der Waals surface area (Å²) in [5.41, 5.74) is 1.72. The molecule has 0 aromatic heterocycles. The maximum absolute atomic E-state index is 12.1. The summed E-state index contributed by atoms with van der Waals surface area (Å²) in [6, 6.07) is 5.08. The number of hydrogen-bond acceptors (Lipinski definition) is 2. The van der Waals surface area contributed by atoms with Crippen LogP contribution in [-0.2, 0) is 0 Å². The molecule has 5 heteroatoms. The highest BCUT2D eigenvalue weighted by Gasteiger charge is 2.29. The summed E-state index contributed by atoms with van der Waals surface area (Å²) in [6.45, 7) is 2.49. The Bertz CT molecular complexity index is 377. The van der Waals surface area contributed by atoms with Crippen molar-refractivity contribution in [3.63, 3.8) is 0 Å². The van der Waals surface area contributed by atoms with E-state index >= 15 is 0 Å². The van der Waals surface area contributed by atoms with Gasteiger partial charge in [0.25, 0.3) is 0 Å². The van der Waals surface area contributed by atoms with Gasteiger partial charge in [-0.2, -0.15) is 13.2 Å². The lowest BCUT2D eigenvalue weighted by atomic mass is 10.0. The molecule has 1 N–H and O–H groups in total. The van der Waals surface area contributed by atoms with Crippen LogP contribution in [-0.4, -0.2) is 19.8 Å². The second-order valence-electron chi connectivity index (χ2n) is 3.96. The highest BCUT2D eigenvalue weighted by atomic mass is 19.4. The molecule has 1 atom stereocenters. The van der Waals surface area contributed by atoms with Crippen LogP contribution in [0, 0.1) is 6.92 Å². The molecule has 0 saturated heterocycles. The van der Waals surface area contributed by atoms with Gasteiger partial charge in [0, 0.05) is 11.6 Å². The summed E-state index contributed by atoms with van der Waals surface area (Å²) in [4.78, 5) is 0. The van der Waals surface area contributed by atoms with Crippen LogP contribution < -0.4 is 10.1 Å². The summed E-state index contributed by atoms with van der Waals surface area (Å²) in [5.74, 6) is 0.273. The molecule has 17 heavy (non-hydrogen) atoms. The summed E-state index contributed by atoms with van der Waals surface area (Å²) < 4.78 is 41.1. The minimum Gasteiger partial charge on any atom is -0.484 e. The lowest BCUT2D eigenvalue weighted by molar-refractivity contribution is -0.153. The van der Waals surface area contributed by atoms with Gasteiger partial charge in [0.1, 0.15) is 5.75 Å². The van der Waals surface area contributed by atoms with Crippen molar-refractivity contribution in [3.05, 3.63) is 29.3 Å². The number of ether oxygens (including phenoxy) is 1. The average Bonchev–Trinajstić information content (AvgIpc) is 2.25. The van der Waals surface area contributed by atoms with E-state index in [-0.39, 0.29) is 11.8 Å². The Balaban J connectivity index is 2.90. The van der Waals surface area contributed by atoms with Crippen molar-refractivity contribution in [1.82, 2.24) is 5.32 Å². The zero-order chi connectivity index (χ0) is 13.1. The zero-order valence-corrected chi connectivity index (χ0v) is 10.1. The van der Waals surface area contributed by atoms with Gasteiger partial charge < -0.3 is 10.1 Å². The molecule has 0 aliphatic rings. The largest absolute Gasteiger partial charge is 0.484 e. The molecule has 0 radical (unpaired) electrons. The number of aryl methyl sites for hydroxylation is 1. The fraction of sp³-hybridized carbons (Fsp3) is 0.500. The van der Waals surface area contributed by atoms with Gasteiger partial charge in [-0.05, 0) is 27.0 Å². The van der Waals surface area contributed by atoms with Crippen molar-refractivity contribution in [2.24, 2.45) is 0 Å². The van der Waals surface area contributed by atoms with Gasteiger partial charge in [0.2, 0.25) is 0 Å². The summed E-state index contributed by atoms with van der Waals surface area (Å²) in [5, 5.41) is 2.98. The number of benzene rings is 1. The highest BCUT2D eigenvalue weighted by molar-refractivity contribution is 5.38. The third-order valence-corrected chi connectivity index (χ3v) is 2.46. The Labute approximate surface area is 98.8 Å². The third-order valence-electron chi connectivity index (χ3n) is 2.46. The Morgan fingerprint density at radius 3 is 2.53 bits per heavy atom. The topological polar surface area (TPSA) is 21.3 Å². The summed E-state index contributed by atoms with van der Waals surface area (Å²) in [6.07, 6.45) is -4.31. The van der Waals surface area contributed by atoms with Gasteiger partial charge in [-0.3, -0.25) is 0 Å². The van der Waals surface area contributed by atoms with Gasteiger partial charge in [-0.25, -0.2) is 0 Å². The molecule has 0 aliphatic heterocycles. The first-order valence-corrected chi connectivity index (χ1v) is 5.31. The fourth-order valence-electron chi connectivity index (χ4n) is 1.45. The minimum atomic E-state index is -4.31. The highest BCUT2D eigenvalue weighted by Crippen LogP contribution is 2.27. The van der Waals surface area contributed by atoms with Crippen LogP contribution in [0.4, 0.5) is 13.2 Å². The van der Waals surface area contributed by atoms with E-state index in [0.717, 1.165) is 11.1 Å². The van der Waals surface area contributed by atoms with Crippen LogP contribution in [0.25, 0.3) is 0 Å². The Hall–Kier alpha value is -1.23. The van der Waals surface area contributed by atoms with E-state index in [1.165, 1.54) is 0 Å². The van der Waals surface area contributed by atoms with E-state index in [9.17, 15) is 13.2 Å². The predicted molar refractivity (Wildman–Crippen MR) is 60.2 cm³/mol. The first-order valence-electron chi connectivity index (χ1n) is 5.31. The van der Waals surface area contributed by atoms with E-state index in [2.05, 4.69) is 5.32 Å². The number of hydrogen-bond donors (Lipinski definition) is 1. The smallest absolute Gasteiger partial charge is 0.422 e. The van der Waals surface area contributed by atoms with E-state index < -0.39 is 12.8 Å². The van der Waals surface area contributed by atoms with Crippen LogP contribution >= 0.6 is 0 Å². The molecule has 0 amide bonds. The van der Waals surface area contributed by atoms with Gasteiger partial charge in [-0.1, -0.05) is 17.7 Å². The summed E-state index contributed by atoms with van der Waals surface area (Å²) >= 11 is 0. The number of rotatable bonds is 4. The average molecular weight is 247 g/mol. The first-order chi connectivity index (χ1) is 7.83. The standard InChI is InChI=1S/C12H16F3NO/c1-8-4-5-11(17-7-12(13,14)15)10(6-8)9(2)16-3/h4-6,9,16H,7H2,1-3H3. The van der Waals surface area contributed by atoms with Crippen molar-refractivity contribution in [1.29, 1.82) is 0 Å². The van der Waals surface area contributed by atoms with Crippen LogP contribution in [0.3, 0.4) is 0 Å². The van der Waals surface area contributed by atoms with Gasteiger partial charge in [0.15, 0.2) is 6.61 Å². The van der Waals surface area contributed by atoms with Crippen molar-refractivity contribution >= 4 is 0 Å². The van der Waals surface area contributed by atoms with Crippen LogP contribution in [0.5, 0.6) is 5.75 Å². The van der Waals surface area contributed by atoms with Gasteiger partial charge >= 0.3 is 6.18 Å². The lowest BCUT2D eigenvalue weighted by Gasteiger charge is -2.18. The lowest BCUT2D eigenvalue weighted by Crippen LogP contribution is -2.21.